The van der Waals surface area contributed by atoms with Crippen molar-refractivity contribution in [3.8, 4) is 0 Å². The van der Waals surface area contributed by atoms with Gasteiger partial charge in [-0.05, 0) is 36.1 Å². The molecule has 0 bridgehead atoms. The number of para-hydroxylation sites is 2. The Morgan fingerprint density at radius 1 is 1.00 bits per heavy atom. The van der Waals surface area contributed by atoms with Crippen molar-refractivity contribution in [3.63, 3.8) is 0 Å². The van der Waals surface area contributed by atoms with Gasteiger partial charge in [-0.15, -0.1) is 0 Å². The van der Waals surface area contributed by atoms with Crippen molar-refractivity contribution in [3.05, 3.63) is 59.7 Å². The molecule has 130 valence electrons. The number of fused-ring (bicyclic) bond motifs is 1. The van der Waals surface area contributed by atoms with Crippen LogP contribution in [0.5, 0.6) is 0 Å². The molecule has 4 heteroatoms. The first-order valence-corrected chi connectivity index (χ1v) is 9.18. The van der Waals surface area contributed by atoms with Gasteiger partial charge in [-0.3, -0.25) is 0 Å². The van der Waals surface area contributed by atoms with E-state index in [9.17, 15) is 5.11 Å². The molecule has 1 saturated carbocycles. The molecule has 4 rings (SSSR count). The number of rotatable bonds is 3. The summed E-state index contributed by atoms with van der Waals surface area (Å²) in [4.78, 5) is 4.97. The Labute approximate surface area is 149 Å². The number of anilines is 1. The molecular formula is C21H25N3O. The molecule has 0 aromatic heterocycles. The van der Waals surface area contributed by atoms with Crippen molar-refractivity contribution in [1.29, 1.82) is 0 Å². The van der Waals surface area contributed by atoms with Crippen LogP contribution in [-0.2, 0) is 13.2 Å². The summed E-state index contributed by atoms with van der Waals surface area (Å²) in [6.45, 7) is 0.798. The van der Waals surface area contributed by atoms with Gasteiger partial charge in [0.1, 0.15) is 5.84 Å². The van der Waals surface area contributed by atoms with Crippen LogP contribution in [0.4, 0.5) is 11.4 Å². The molecule has 0 radical (unpaired) electrons. The van der Waals surface area contributed by atoms with Crippen LogP contribution in [0.15, 0.2) is 53.5 Å². The summed E-state index contributed by atoms with van der Waals surface area (Å²) in [6.07, 6.45) is 6.00. The summed E-state index contributed by atoms with van der Waals surface area (Å²) in [5, 5.41) is 16.7. The Bertz CT molecular complexity index is 778. The summed E-state index contributed by atoms with van der Waals surface area (Å²) in [5.41, 5.74) is 4.18. The summed E-state index contributed by atoms with van der Waals surface area (Å²) in [7, 11) is 0. The number of hydrogen-bond donors (Lipinski definition) is 3. The number of hydrogen-bond acceptors (Lipinski definition) is 4. The number of aliphatic hydroxyl groups is 1. The predicted molar refractivity (Wildman–Crippen MR) is 102 cm³/mol. The SMILES string of the molecule is OCc1cccc(CNC2=Nc3ccccc3NC23CCCCC3)c1. The van der Waals surface area contributed by atoms with E-state index in [1.807, 2.05) is 24.3 Å². The smallest absolute Gasteiger partial charge is 0.128 e. The second-order valence-corrected chi connectivity index (χ2v) is 7.08. The molecule has 1 aliphatic carbocycles. The van der Waals surface area contributed by atoms with E-state index in [1.54, 1.807) is 0 Å². The summed E-state index contributed by atoms with van der Waals surface area (Å²) >= 11 is 0. The van der Waals surface area contributed by atoms with E-state index < -0.39 is 0 Å². The van der Waals surface area contributed by atoms with Gasteiger partial charge in [0.15, 0.2) is 0 Å². The molecule has 1 heterocycles. The fourth-order valence-corrected chi connectivity index (χ4v) is 3.97. The Hall–Kier alpha value is -2.33. The number of nitrogens with zero attached hydrogens (tertiary/aromatic N) is 1. The average molecular weight is 335 g/mol. The zero-order valence-corrected chi connectivity index (χ0v) is 14.5. The van der Waals surface area contributed by atoms with Crippen LogP contribution in [0.25, 0.3) is 0 Å². The lowest BCUT2D eigenvalue weighted by atomic mass is 9.79. The van der Waals surface area contributed by atoms with Gasteiger partial charge in [-0.1, -0.05) is 55.7 Å². The van der Waals surface area contributed by atoms with Gasteiger partial charge in [0, 0.05) is 6.54 Å². The maximum absolute atomic E-state index is 9.33. The molecule has 0 saturated heterocycles. The molecule has 0 amide bonds. The minimum Gasteiger partial charge on any atom is -0.392 e. The average Bonchev–Trinajstić information content (AvgIpc) is 2.67. The van der Waals surface area contributed by atoms with Crippen molar-refractivity contribution in [1.82, 2.24) is 5.32 Å². The van der Waals surface area contributed by atoms with Crippen LogP contribution in [0.2, 0.25) is 0 Å². The minimum atomic E-state index is -0.0683. The summed E-state index contributed by atoms with van der Waals surface area (Å²) in [5.74, 6) is 1.06. The maximum Gasteiger partial charge on any atom is 0.128 e. The fourth-order valence-electron chi connectivity index (χ4n) is 3.97. The molecule has 25 heavy (non-hydrogen) atoms. The van der Waals surface area contributed by atoms with E-state index >= 15 is 0 Å². The van der Waals surface area contributed by atoms with Gasteiger partial charge in [0.05, 0.1) is 23.5 Å². The van der Waals surface area contributed by atoms with Crippen LogP contribution in [-0.4, -0.2) is 16.5 Å². The van der Waals surface area contributed by atoms with E-state index in [-0.39, 0.29) is 12.1 Å². The Morgan fingerprint density at radius 3 is 2.64 bits per heavy atom. The first kappa shape index (κ1) is 16.2. The van der Waals surface area contributed by atoms with E-state index in [0.29, 0.717) is 0 Å². The third-order valence-electron chi connectivity index (χ3n) is 5.30. The summed E-state index contributed by atoms with van der Waals surface area (Å²) in [6, 6.07) is 16.4. The summed E-state index contributed by atoms with van der Waals surface area (Å²) < 4.78 is 0. The lowest BCUT2D eigenvalue weighted by molar-refractivity contribution is 0.281. The Balaban J connectivity index is 1.61. The van der Waals surface area contributed by atoms with Crippen molar-refractivity contribution in [2.24, 2.45) is 4.99 Å². The second kappa shape index (κ2) is 6.89. The molecule has 4 nitrogen and oxygen atoms in total. The molecule has 1 fully saturated rings. The lowest BCUT2D eigenvalue weighted by Crippen LogP contribution is -2.54. The minimum absolute atomic E-state index is 0.0683. The molecule has 1 aliphatic heterocycles. The van der Waals surface area contributed by atoms with E-state index in [0.717, 1.165) is 42.2 Å². The third-order valence-corrected chi connectivity index (χ3v) is 5.30. The zero-order valence-electron chi connectivity index (χ0n) is 14.5. The van der Waals surface area contributed by atoms with Gasteiger partial charge in [-0.25, -0.2) is 4.99 Å². The highest BCUT2D eigenvalue weighted by atomic mass is 16.3. The number of aliphatic imine (C=N–C) groups is 1. The molecule has 3 N–H and O–H groups in total. The molecular weight excluding hydrogens is 310 g/mol. The standard InChI is InChI=1S/C21H25N3O/c25-15-17-8-6-7-16(13-17)14-22-20-21(11-4-1-5-12-21)24-19-10-3-2-9-18(19)23-20/h2-3,6-10,13,24-25H,1,4-5,11-12,14-15H2,(H,22,23). The monoisotopic (exact) mass is 335 g/mol. The van der Waals surface area contributed by atoms with Gasteiger partial charge in [0.25, 0.3) is 0 Å². The zero-order chi connectivity index (χ0) is 17.1. The third kappa shape index (κ3) is 3.27. The molecule has 2 aliphatic rings. The Kier molecular flexibility index (Phi) is 4.45. The van der Waals surface area contributed by atoms with Crippen molar-refractivity contribution in [2.45, 2.75) is 50.8 Å². The van der Waals surface area contributed by atoms with Crippen LogP contribution in [0, 0.1) is 0 Å². The van der Waals surface area contributed by atoms with Crippen LogP contribution in [0.1, 0.15) is 43.2 Å². The van der Waals surface area contributed by atoms with Crippen LogP contribution < -0.4 is 10.6 Å². The maximum atomic E-state index is 9.33. The van der Waals surface area contributed by atoms with E-state index in [2.05, 4.69) is 34.9 Å². The lowest BCUT2D eigenvalue weighted by Gasteiger charge is -2.42. The second-order valence-electron chi connectivity index (χ2n) is 7.08. The molecule has 2 aromatic carbocycles. The number of aliphatic hydroxyl groups excluding tert-OH is 1. The van der Waals surface area contributed by atoms with Gasteiger partial charge in [0.2, 0.25) is 0 Å². The molecule has 0 atom stereocenters. The number of nitrogens with one attached hydrogen (secondary N) is 2. The largest absolute Gasteiger partial charge is 0.392 e. The van der Waals surface area contributed by atoms with Gasteiger partial charge >= 0.3 is 0 Å². The molecule has 2 aromatic rings. The molecule has 1 spiro atoms. The highest BCUT2D eigenvalue weighted by Gasteiger charge is 2.40. The fraction of sp³-hybridized carbons (Fsp3) is 0.381. The number of amidine groups is 1. The van der Waals surface area contributed by atoms with Crippen LogP contribution in [0.3, 0.4) is 0 Å². The quantitative estimate of drug-likeness (QED) is 0.790. The van der Waals surface area contributed by atoms with Gasteiger partial charge in [-0.2, -0.15) is 0 Å². The van der Waals surface area contributed by atoms with Crippen molar-refractivity contribution in [2.75, 3.05) is 5.32 Å². The van der Waals surface area contributed by atoms with E-state index in [4.69, 9.17) is 4.99 Å². The predicted octanol–water partition coefficient (Wildman–Crippen LogP) is 4.13. The van der Waals surface area contributed by atoms with Crippen molar-refractivity contribution < 1.29 is 5.11 Å². The highest BCUT2D eigenvalue weighted by molar-refractivity contribution is 6.00. The first-order valence-electron chi connectivity index (χ1n) is 9.18. The number of benzene rings is 2. The van der Waals surface area contributed by atoms with Gasteiger partial charge < -0.3 is 15.7 Å². The van der Waals surface area contributed by atoms with E-state index in [1.165, 1.54) is 24.8 Å². The van der Waals surface area contributed by atoms with Crippen molar-refractivity contribution >= 4 is 17.2 Å². The van der Waals surface area contributed by atoms with Crippen LogP contribution >= 0.6 is 0 Å². The topological polar surface area (TPSA) is 56.6 Å². The first-order chi connectivity index (χ1) is 12.3. The molecule has 0 unspecified atom stereocenters. The normalized spacial score (nSPS) is 18.2. The highest BCUT2D eigenvalue weighted by Crippen LogP contribution is 2.40. The Morgan fingerprint density at radius 2 is 1.80 bits per heavy atom.